The Hall–Kier alpha value is -3.55. The monoisotopic (exact) mass is 491 g/mol. The minimum atomic E-state index is -1.33. The maximum Gasteiger partial charge on any atom is 0.409 e. The second-order valence-electron chi connectivity index (χ2n) is 7.31. The number of benzene rings is 1. The van der Waals surface area contributed by atoms with Crippen LogP contribution in [0.3, 0.4) is 0 Å². The second kappa shape index (κ2) is 13.9. The van der Waals surface area contributed by atoms with E-state index in [9.17, 15) is 9.59 Å². The summed E-state index contributed by atoms with van der Waals surface area (Å²) in [6, 6.07) is 7.65. The van der Waals surface area contributed by atoms with Crippen LogP contribution in [0.5, 0.6) is 0 Å². The van der Waals surface area contributed by atoms with E-state index in [2.05, 4.69) is 36.6 Å². The molecular weight excluding hydrogens is 462 g/mol. The number of hydrogen-bond acceptors (Lipinski definition) is 8. The number of nitrogens with two attached hydrogens (primary N) is 1. The smallest absolute Gasteiger partial charge is 0.409 e. The first-order chi connectivity index (χ1) is 16.2. The van der Waals surface area contributed by atoms with E-state index in [1.165, 1.54) is 11.8 Å². The minimum Gasteiger partial charge on any atom is -0.465 e. The molecule has 2 heterocycles. The third kappa shape index (κ3) is 10.4. The summed E-state index contributed by atoms with van der Waals surface area (Å²) >= 11 is 1.55. The van der Waals surface area contributed by atoms with E-state index >= 15 is 0 Å². The standard InChI is InChI=1S/C20H26N6O3S.CH3NO2/c1-14(27)24-19-25-17(18(30-19)12-26-10-8-21-9-11-26)7-4-15-2-5-16(6-3-15)22-13-23-20(28)29;2-1(3)4/h2-3,5-6,13,21H,4,7-12H2,1H3,(H,22,23)(H,28,29)(H,24,25,27);2H2,(H,3,4). The number of carbonyl (C=O) groups is 3. The van der Waals surface area contributed by atoms with E-state index in [4.69, 9.17) is 15.0 Å². The van der Waals surface area contributed by atoms with Gasteiger partial charge in [-0.25, -0.2) is 19.6 Å². The van der Waals surface area contributed by atoms with Gasteiger partial charge in [-0.15, -0.1) is 11.3 Å². The highest BCUT2D eigenvalue weighted by molar-refractivity contribution is 7.15. The van der Waals surface area contributed by atoms with Crippen LogP contribution in [0.1, 0.15) is 23.1 Å². The van der Waals surface area contributed by atoms with Crippen molar-refractivity contribution in [2.75, 3.05) is 31.5 Å². The number of piperazine rings is 1. The van der Waals surface area contributed by atoms with Crippen LogP contribution in [-0.4, -0.2) is 70.7 Å². The highest BCUT2D eigenvalue weighted by Crippen LogP contribution is 2.26. The zero-order valence-corrected chi connectivity index (χ0v) is 19.6. The molecule has 1 aliphatic rings. The van der Waals surface area contributed by atoms with Crippen molar-refractivity contribution < 1.29 is 24.6 Å². The number of nitrogens with one attached hydrogen (secondary N) is 3. The minimum absolute atomic E-state index is 0.113. The number of anilines is 1. The Labute approximate surface area is 200 Å². The van der Waals surface area contributed by atoms with Gasteiger partial charge in [0.1, 0.15) is 0 Å². The Bertz CT molecular complexity index is 984. The Kier molecular flexibility index (Phi) is 10.9. The van der Waals surface area contributed by atoms with Crippen molar-refractivity contribution in [1.82, 2.24) is 20.5 Å². The van der Waals surface area contributed by atoms with E-state index in [-0.39, 0.29) is 5.91 Å². The molecule has 3 rings (SSSR count). The van der Waals surface area contributed by atoms with Gasteiger partial charge in [-0.05, 0) is 30.5 Å². The van der Waals surface area contributed by atoms with Gasteiger partial charge < -0.3 is 26.6 Å². The van der Waals surface area contributed by atoms with Gasteiger partial charge in [0.2, 0.25) is 5.91 Å². The van der Waals surface area contributed by atoms with E-state index in [0.29, 0.717) is 10.8 Å². The lowest BCUT2D eigenvalue weighted by atomic mass is 10.1. The Morgan fingerprint density at radius 2 is 1.85 bits per heavy atom. The van der Waals surface area contributed by atoms with Gasteiger partial charge in [-0.3, -0.25) is 15.0 Å². The number of amides is 3. The van der Waals surface area contributed by atoms with Gasteiger partial charge in [0, 0.05) is 44.5 Å². The van der Waals surface area contributed by atoms with Gasteiger partial charge in [0.25, 0.3) is 0 Å². The van der Waals surface area contributed by atoms with Crippen LogP contribution >= 0.6 is 11.3 Å². The molecule has 1 saturated heterocycles. The maximum absolute atomic E-state index is 11.4. The number of aromatic nitrogens is 1. The van der Waals surface area contributed by atoms with Crippen molar-refractivity contribution in [3.63, 3.8) is 0 Å². The first kappa shape index (κ1) is 26.7. The van der Waals surface area contributed by atoms with Crippen molar-refractivity contribution >= 4 is 46.6 Å². The van der Waals surface area contributed by atoms with E-state index in [1.54, 1.807) is 11.3 Å². The summed E-state index contributed by atoms with van der Waals surface area (Å²) in [6.45, 7) is 6.33. The van der Waals surface area contributed by atoms with Crippen molar-refractivity contribution in [2.45, 2.75) is 26.3 Å². The molecule has 1 fully saturated rings. The predicted octanol–water partition coefficient (Wildman–Crippen LogP) is 1.84. The van der Waals surface area contributed by atoms with Gasteiger partial charge in [-0.2, -0.15) is 0 Å². The summed E-state index contributed by atoms with van der Waals surface area (Å²) < 4.78 is 0. The molecule has 12 nitrogen and oxygen atoms in total. The third-order valence-corrected chi connectivity index (χ3v) is 5.62. The summed E-state index contributed by atoms with van der Waals surface area (Å²) in [7, 11) is 0. The highest BCUT2D eigenvalue weighted by atomic mass is 32.1. The molecule has 0 spiro atoms. The zero-order chi connectivity index (χ0) is 24.9. The number of hydrogen-bond donors (Lipinski definition) is 6. The van der Waals surface area contributed by atoms with Crippen LogP contribution in [0, 0.1) is 0 Å². The third-order valence-electron chi connectivity index (χ3n) is 4.63. The van der Waals surface area contributed by atoms with Crippen LogP contribution < -0.4 is 21.7 Å². The van der Waals surface area contributed by atoms with Crippen LogP contribution in [0.2, 0.25) is 0 Å². The number of carbonyl (C=O) groups excluding carboxylic acids is 1. The molecule has 0 atom stereocenters. The fourth-order valence-electron chi connectivity index (χ4n) is 3.15. The molecule has 184 valence electrons. The fraction of sp³-hybridized carbons (Fsp3) is 0.381. The quantitative estimate of drug-likeness (QED) is 0.239. The first-order valence-corrected chi connectivity index (χ1v) is 11.3. The van der Waals surface area contributed by atoms with Gasteiger partial charge >= 0.3 is 12.2 Å². The number of rotatable bonds is 8. The Balaban J connectivity index is 0.000000945. The second-order valence-corrected chi connectivity index (χ2v) is 8.39. The molecule has 0 bridgehead atoms. The first-order valence-electron chi connectivity index (χ1n) is 10.5. The largest absolute Gasteiger partial charge is 0.465 e. The number of primary amides is 1. The number of aryl methyl sites for hydroxylation is 2. The topological polar surface area (TPSA) is 182 Å². The van der Waals surface area contributed by atoms with E-state index in [1.807, 2.05) is 24.3 Å². The molecule has 34 heavy (non-hydrogen) atoms. The number of carboxylic acid groups (broad SMARTS) is 2. The van der Waals surface area contributed by atoms with Crippen LogP contribution in [0.15, 0.2) is 29.3 Å². The average Bonchev–Trinajstić information content (AvgIpc) is 3.13. The molecule has 0 saturated carbocycles. The number of nitrogens with zero attached hydrogens (tertiary/aromatic N) is 3. The van der Waals surface area contributed by atoms with Crippen molar-refractivity contribution in [2.24, 2.45) is 10.7 Å². The Morgan fingerprint density at radius 3 is 2.44 bits per heavy atom. The predicted molar refractivity (Wildman–Crippen MR) is 130 cm³/mol. The van der Waals surface area contributed by atoms with Crippen LogP contribution in [-0.2, 0) is 24.2 Å². The number of thiazole rings is 1. The average molecular weight is 492 g/mol. The van der Waals surface area contributed by atoms with E-state index < -0.39 is 12.2 Å². The van der Waals surface area contributed by atoms with E-state index in [0.717, 1.165) is 63.2 Å². The molecule has 1 aromatic heterocycles. The van der Waals surface area contributed by atoms with Crippen molar-refractivity contribution in [1.29, 1.82) is 0 Å². The molecule has 2 aromatic rings. The molecule has 3 amide bonds. The normalized spacial score (nSPS) is 13.7. The molecule has 13 heteroatoms. The summed E-state index contributed by atoms with van der Waals surface area (Å²) in [6.07, 6.45) is 0.267. The number of aliphatic imine (C=N–C) groups is 1. The summed E-state index contributed by atoms with van der Waals surface area (Å²) in [5, 5.41) is 24.7. The lowest BCUT2D eigenvalue weighted by Crippen LogP contribution is -2.42. The maximum atomic E-state index is 11.4. The molecule has 0 radical (unpaired) electrons. The SMILES string of the molecule is CC(=O)Nc1nc(CCc2ccc(N=CNC(=O)O)cc2)c(CN2CCNCC2)s1.NC(=O)O. The summed E-state index contributed by atoms with van der Waals surface area (Å²) in [5.74, 6) is -0.113. The van der Waals surface area contributed by atoms with Crippen LogP contribution in [0.4, 0.5) is 20.4 Å². The molecule has 0 aliphatic carbocycles. The van der Waals surface area contributed by atoms with Crippen molar-refractivity contribution in [3.05, 3.63) is 40.4 Å². The summed E-state index contributed by atoms with van der Waals surface area (Å²) in [4.78, 5) is 43.0. The fourth-order valence-corrected chi connectivity index (χ4v) is 4.25. The van der Waals surface area contributed by atoms with Crippen LogP contribution in [0.25, 0.3) is 0 Å². The van der Waals surface area contributed by atoms with Gasteiger partial charge in [-0.1, -0.05) is 12.1 Å². The molecule has 1 aromatic carbocycles. The lowest BCUT2D eigenvalue weighted by Gasteiger charge is -2.26. The highest BCUT2D eigenvalue weighted by Gasteiger charge is 2.17. The summed E-state index contributed by atoms with van der Waals surface area (Å²) in [5.41, 5.74) is 6.87. The molecule has 1 aliphatic heterocycles. The zero-order valence-electron chi connectivity index (χ0n) is 18.8. The molecular formula is C21H29N7O5S. The van der Waals surface area contributed by atoms with Gasteiger partial charge in [0.05, 0.1) is 17.7 Å². The Morgan fingerprint density at radius 1 is 1.21 bits per heavy atom. The van der Waals surface area contributed by atoms with Crippen molar-refractivity contribution in [3.8, 4) is 0 Å². The molecule has 0 unspecified atom stereocenters. The molecule has 7 N–H and O–H groups in total. The van der Waals surface area contributed by atoms with Gasteiger partial charge in [0.15, 0.2) is 5.13 Å². The lowest BCUT2D eigenvalue weighted by molar-refractivity contribution is -0.114.